The Morgan fingerprint density at radius 2 is 1.70 bits per heavy atom. The highest BCUT2D eigenvalue weighted by Crippen LogP contribution is 2.25. The fraction of sp³-hybridized carbons (Fsp3) is 0.150. The number of nitrogens with zero attached hydrogens (tertiary/aromatic N) is 4. The largest absolute Gasteiger partial charge is 0.435 e. The van der Waals surface area contributed by atoms with Crippen LogP contribution in [0, 0.1) is 0 Å². The van der Waals surface area contributed by atoms with Crippen molar-refractivity contribution in [2.75, 3.05) is 5.75 Å². The van der Waals surface area contributed by atoms with Crippen molar-refractivity contribution in [2.45, 2.75) is 18.1 Å². The lowest BCUT2D eigenvalue weighted by atomic mass is 10.2. The van der Waals surface area contributed by atoms with Crippen LogP contribution in [-0.4, -0.2) is 40.4 Å². The van der Waals surface area contributed by atoms with E-state index in [2.05, 4.69) is 19.9 Å². The molecule has 0 aliphatic carbocycles. The molecule has 0 amide bonds. The first-order chi connectivity index (χ1) is 14.4. The van der Waals surface area contributed by atoms with Crippen LogP contribution in [0.25, 0.3) is 17.0 Å². The van der Waals surface area contributed by atoms with Gasteiger partial charge >= 0.3 is 6.61 Å². The van der Waals surface area contributed by atoms with Crippen molar-refractivity contribution in [3.63, 3.8) is 0 Å². The first kappa shape index (κ1) is 19.9. The fourth-order valence-corrected chi connectivity index (χ4v) is 4.41. The van der Waals surface area contributed by atoms with E-state index >= 15 is 0 Å². The lowest BCUT2D eigenvalue weighted by molar-refractivity contribution is -0.0498. The number of rotatable bonds is 7. The van der Waals surface area contributed by atoms with E-state index in [4.69, 9.17) is 0 Å². The van der Waals surface area contributed by atoms with Crippen molar-refractivity contribution >= 4 is 15.5 Å². The van der Waals surface area contributed by atoms with Crippen molar-refractivity contribution < 1.29 is 21.9 Å². The van der Waals surface area contributed by atoms with Crippen molar-refractivity contribution in [2.24, 2.45) is 0 Å². The Kier molecular flexibility index (Phi) is 5.40. The molecule has 2 heterocycles. The van der Waals surface area contributed by atoms with Gasteiger partial charge in [0.05, 0.1) is 18.1 Å². The summed E-state index contributed by atoms with van der Waals surface area (Å²) in [4.78, 5) is 3.98. The molecular formula is C20H16F2N4O3S. The van der Waals surface area contributed by atoms with Gasteiger partial charge in [-0.2, -0.15) is 8.78 Å². The van der Waals surface area contributed by atoms with Crippen LogP contribution in [0.2, 0.25) is 0 Å². The summed E-state index contributed by atoms with van der Waals surface area (Å²) < 4.78 is 56.6. The second kappa shape index (κ2) is 8.15. The van der Waals surface area contributed by atoms with Gasteiger partial charge in [0.25, 0.3) is 0 Å². The zero-order valence-corrected chi connectivity index (χ0v) is 16.3. The summed E-state index contributed by atoms with van der Waals surface area (Å²) in [6.45, 7) is -2.93. The number of sulfone groups is 1. The molecule has 0 radical (unpaired) electrons. The molecule has 0 unspecified atom stereocenters. The molecule has 154 valence electrons. The van der Waals surface area contributed by atoms with E-state index in [1.807, 2.05) is 30.3 Å². The van der Waals surface area contributed by atoms with Crippen molar-refractivity contribution in [3.8, 4) is 17.1 Å². The van der Waals surface area contributed by atoms with Crippen molar-refractivity contribution in [3.05, 3.63) is 72.6 Å². The van der Waals surface area contributed by atoms with Crippen molar-refractivity contribution in [1.82, 2.24) is 19.6 Å². The second-order valence-corrected chi connectivity index (χ2v) is 8.48. The molecule has 0 spiro atoms. The van der Waals surface area contributed by atoms with Gasteiger partial charge in [-0.15, -0.1) is 10.2 Å². The number of hydrogen-bond acceptors (Lipinski definition) is 6. The Hall–Kier alpha value is -3.40. The molecule has 0 N–H and O–H groups in total. The Balaban J connectivity index is 1.70. The highest BCUT2D eigenvalue weighted by atomic mass is 32.2. The summed E-state index contributed by atoms with van der Waals surface area (Å²) in [5, 5.41) is 8.02. The summed E-state index contributed by atoms with van der Waals surface area (Å²) >= 11 is 0. The van der Waals surface area contributed by atoms with Gasteiger partial charge < -0.3 is 4.74 Å². The Morgan fingerprint density at radius 3 is 2.40 bits per heavy atom. The van der Waals surface area contributed by atoms with Crippen molar-refractivity contribution in [1.29, 1.82) is 0 Å². The molecule has 4 rings (SSSR count). The topological polar surface area (TPSA) is 86.5 Å². The summed E-state index contributed by atoms with van der Waals surface area (Å²) in [6, 6.07) is 15.0. The van der Waals surface area contributed by atoms with Gasteiger partial charge in [0.15, 0.2) is 26.3 Å². The number of aryl methyl sites for hydroxylation is 1. The molecule has 0 bridgehead atoms. The van der Waals surface area contributed by atoms with Gasteiger partial charge in [-0.05, 0) is 36.2 Å². The van der Waals surface area contributed by atoms with Crippen LogP contribution < -0.4 is 4.74 Å². The first-order valence-corrected chi connectivity index (χ1v) is 10.6. The summed E-state index contributed by atoms with van der Waals surface area (Å²) in [5.74, 6) is 0.130. The van der Waals surface area contributed by atoms with Crippen LogP contribution in [0.4, 0.5) is 8.78 Å². The summed E-state index contributed by atoms with van der Waals surface area (Å²) in [7, 11) is -3.71. The van der Waals surface area contributed by atoms with Crippen LogP contribution in [0.5, 0.6) is 5.75 Å². The quantitative estimate of drug-likeness (QED) is 0.447. The monoisotopic (exact) mass is 430 g/mol. The van der Waals surface area contributed by atoms with Gasteiger partial charge in [-0.3, -0.25) is 9.38 Å². The lowest BCUT2D eigenvalue weighted by Gasteiger charge is -2.09. The van der Waals surface area contributed by atoms with Gasteiger partial charge in [0, 0.05) is 5.56 Å². The number of fused-ring (bicyclic) bond motifs is 1. The number of halogens is 2. The number of ether oxygens (including phenoxy) is 1. The Morgan fingerprint density at radius 1 is 0.967 bits per heavy atom. The molecule has 30 heavy (non-hydrogen) atoms. The third-order valence-electron chi connectivity index (χ3n) is 4.44. The molecule has 2 aromatic carbocycles. The standard InChI is InChI=1S/C20H16F2N4O3S/c21-20(22)29-16-8-6-15(7-9-16)19-25-24-17-12-23-13-18(26(17)19)30(27,28)11-10-14-4-2-1-3-5-14/h1-9,12-13,20H,10-11H2. The Labute approximate surface area is 170 Å². The molecule has 0 saturated carbocycles. The predicted octanol–water partition coefficient (Wildman–Crippen LogP) is 3.41. The minimum atomic E-state index is -3.71. The molecule has 7 nitrogen and oxygen atoms in total. The molecular weight excluding hydrogens is 414 g/mol. The number of alkyl halides is 2. The van der Waals surface area contributed by atoms with Gasteiger partial charge in [0.2, 0.25) is 0 Å². The first-order valence-electron chi connectivity index (χ1n) is 8.95. The maximum atomic E-state index is 13.1. The molecule has 4 aromatic rings. The SMILES string of the molecule is O=S(=O)(CCc1ccccc1)c1cncc2nnc(-c3ccc(OC(F)F)cc3)n12. The number of aromatic nitrogens is 4. The predicted molar refractivity (Wildman–Crippen MR) is 105 cm³/mol. The smallest absolute Gasteiger partial charge is 0.387 e. The summed E-state index contributed by atoms with van der Waals surface area (Å²) in [5.41, 5.74) is 1.66. The number of benzene rings is 2. The van der Waals surface area contributed by atoms with E-state index in [0.29, 0.717) is 12.0 Å². The highest BCUT2D eigenvalue weighted by molar-refractivity contribution is 7.91. The third kappa shape index (κ3) is 4.13. The van der Waals surface area contributed by atoms with Crippen LogP contribution in [0.15, 0.2) is 72.0 Å². The zero-order chi connectivity index (χ0) is 21.1. The van der Waals surface area contributed by atoms with Gasteiger partial charge in [-0.1, -0.05) is 30.3 Å². The normalized spacial score (nSPS) is 11.8. The van der Waals surface area contributed by atoms with Crippen LogP contribution in [0.1, 0.15) is 5.56 Å². The second-order valence-electron chi connectivity index (χ2n) is 6.42. The fourth-order valence-electron chi connectivity index (χ4n) is 3.02. The van der Waals surface area contributed by atoms with Crippen LogP contribution in [-0.2, 0) is 16.3 Å². The molecule has 0 fully saturated rings. The van der Waals surface area contributed by atoms with Gasteiger partial charge in [-0.25, -0.2) is 8.42 Å². The minimum absolute atomic E-state index is 0.0139. The number of hydrogen-bond donors (Lipinski definition) is 0. The maximum Gasteiger partial charge on any atom is 0.387 e. The molecule has 0 atom stereocenters. The average Bonchev–Trinajstić information content (AvgIpc) is 3.17. The molecule has 10 heteroatoms. The Bertz CT molecular complexity index is 1260. The van der Waals surface area contributed by atoms with Gasteiger partial charge in [0.1, 0.15) is 5.75 Å². The molecule has 0 saturated heterocycles. The van der Waals surface area contributed by atoms with E-state index in [0.717, 1.165) is 5.56 Å². The minimum Gasteiger partial charge on any atom is -0.435 e. The van der Waals surface area contributed by atoms with Crippen LogP contribution >= 0.6 is 0 Å². The molecule has 2 aromatic heterocycles. The highest BCUT2D eigenvalue weighted by Gasteiger charge is 2.22. The molecule has 0 aliphatic heterocycles. The molecule has 0 aliphatic rings. The summed E-state index contributed by atoms with van der Waals surface area (Å²) in [6.07, 6.45) is 3.01. The van der Waals surface area contributed by atoms with E-state index < -0.39 is 16.4 Å². The lowest BCUT2D eigenvalue weighted by Crippen LogP contribution is -2.14. The third-order valence-corrected chi connectivity index (χ3v) is 6.11. The van der Waals surface area contributed by atoms with E-state index in [9.17, 15) is 17.2 Å². The van der Waals surface area contributed by atoms with E-state index in [-0.39, 0.29) is 28.0 Å². The van der Waals surface area contributed by atoms with E-state index in [1.165, 1.54) is 41.1 Å². The average molecular weight is 430 g/mol. The van der Waals surface area contributed by atoms with Crippen LogP contribution in [0.3, 0.4) is 0 Å². The zero-order valence-electron chi connectivity index (χ0n) is 15.5. The van der Waals surface area contributed by atoms with E-state index in [1.54, 1.807) is 0 Å². The maximum absolute atomic E-state index is 13.1.